The molecule has 5 heteroatoms. The summed E-state index contributed by atoms with van der Waals surface area (Å²) < 4.78 is 10.9. The molecule has 1 heterocycles. The van der Waals surface area contributed by atoms with Crippen LogP contribution >= 0.6 is 0 Å². The first-order chi connectivity index (χ1) is 10.7. The minimum absolute atomic E-state index is 0.151. The Labute approximate surface area is 133 Å². The van der Waals surface area contributed by atoms with E-state index in [1.165, 1.54) is 32.1 Å². The summed E-state index contributed by atoms with van der Waals surface area (Å²) in [7, 11) is 0. The van der Waals surface area contributed by atoms with Gasteiger partial charge in [-0.1, -0.05) is 37.8 Å². The van der Waals surface area contributed by atoms with Gasteiger partial charge in [0.1, 0.15) is 24.4 Å². The van der Waals surface area contributed by atoms with E-state index in [0.717, 1.165) is 12.8 Å². The predicted molar refractivity (Wildman–Crippen MR) is 85.7 cm³/mol. The molecule has 22 heavy (non-hydrogen) atoms. The van der Waals surface area contributed by atoms with Crippen molar-refractivity contribution in [2.75, 3.05) is 19.8 Å². The van der Waals surface area contributed by atoms with Crippen molar-refractivity contribution >= 4 is 0 Å². The molecular weight excluding hydrogens is 284 g/mol. The highest BCUT2D eigenvalue weighted by Crippen LogP contribution is 2.21. The van der Waals surface area contributed by atoms with E-state index in [1.807, 2.05) is 0 Å². The molecule has 0 aromatic rings. The minimum Gasteiger partial charge on any atom is -0.394 e. The Balaban J connectivity index is 2.03. The van der Waals surface area contributed by atoms with Crippen LogP contribution in [0, 0.1) is 0 Å². The molecule has 1 saturated heterocycles. The fourth-order valence-corrected chi connectivity index (χ4v) is 2.72. The third-order valence-corrected chi connectivity index (χ3v) is 4.04. The molecule has 0 unspecified atom stereocenters. The zero-order valence-electron chi connectivity index (χ0n) is 13.7. The molecule has 1 aliphatic rings. The SMILES string of the molecule is C/C=C/CCCCCCCCO[C@H]1[C@@H]([C@@H](O)CO)OC[C@H]1O. The lowest BCUT2D eigenvalue weighted by Crippen LogP contribution is -2.42. The summed E-state index contributed by atoms with van der Waals surface area (Å²) in [6, 6.07) is 0. The van der Waals surface area contributed by atoms with Gasteiger partial charge in [-0.15, -0.1) is 0 Å². The summed E-state index contributed by atoms with van der Waals surface area (Å²) in [6.07, 6.45) is 9.61. The lowest BCUT2D eigenvalue weighted by molar-refractivity contribution is -0.0938. The standard InChI is InChI=1S/C17H32O5/c1-2-3-4-5-6-7-8-9-10-11-21-17-15(20)13-22-16(17)14(19)12-18/h2-3,14-20H,4-13H2,1H3/b3-2+/t14-,15+,16+,17+/m0/s1. The van der Waals surface area contributed by atoms with E-state index in [0.29, 0.717) is 6.61 Å². The normalized spacial score (nSPS) is 26.8. The van der Waals surface area contributed by atoms with E-state index in [1.54, 1.807) is 0 Å². The summed E-state index contributed by atoms with van der Waals surface area (Å²) in [5.41, 5.74) is 0. The summed E-state index contributed by atoms with van der Waals surface area (Å²) in [4.78, 5) is 0. The van der Waals surface area contributed by atoms with E-state index in [4.69, 9.17) is 14.6 Å². The van der Waals surface area contributed by atoms with Crippen molar-refractivity contribution in [2.45, 2.75) is 76.3 Å². The van der Waals surface area contributed by atoms with E-state index in [-0.39, 0.29) is 13.2 Å². The molecule has 0 spiro atoms. The average molecular weight is 316 g/mol. The van der Waals surface area contributed by atoms with Gasteiger partial charge >= 0.3 is 0 Å². The maximum atomic E-state index is 9.80. The van der Waals surface area contributed by atoms with Gasteiger partial charge in [0.25, 0.3) is 0 Å². The highest BCUT2D eigenvalue weighted by molar-refractivity contribution is 4.89. The molecule has 0 saturated carbocycles. The molecule has 4 atom stereocenters. The Kier molecular flexibility index (Phi) is 10.7. The van der Waals surface area contributed by atoms with Crippen molar-refractivity contribution in [1.29, 1.82) is 0 Å². The molecule has 1 aliphatic heterocycles. The van der Waals surface area contributed by atoms with Gasteiger partial charge in [0.05, 0.1) is 13.2 Å². The maximum absolute atomic E-state index is 9.80. The predicted octanol–water partition coefficient (Wildman–Crippen LogP) is 1.79. The average Bonchev–Trinajstić information content (AvgIpc) is 2.89. The molecule has 1 fully saturated rings. The lowest BCUT2D eigenvalue weighted by Gasteiger charge is -2.23. The van der Waals surface area contributed by atoms with E-state index in [2.05, 4.69) is 19.1 Å². The Morgan fingerprint density at radius 2 is 1.86 bits per heavy atom. The van der Waals surface area contributed by atoms with Crippen LogP contribution in [0.15, 0.2) is 12.2 Å². The molecule has 1 rings (SSSR count). The van der Waals surface area contributed by atoms with Crippen molar-refractivity contribution < 1.29 is 24.8 Å². The summed E-state index contributed by atoms with van der Waals surface area (Å²) >= 11 is 0. The lowest BCUT2D eigenvalue weighted by atomic mass is 10.1. The largest absolute Gasteiger partial charge is 0.394 e. The zero-order chi connectivity index (χ0) is 16.2. The van der Waals surface area contributed by atoms with Crippen LogP contribution in [0.1, 0.15) is 51.9 Å². The Hall–Kier alpha value is -0.460. The number of ether oxygens (including phenoxy) is 2. The first kappa shape index (κ1) is 19.6. The highest BCUT2D eigenvalue weighted by Gasteiger charge is 2.40. The Bertz CT molecular complexity index is 295. The number of aliphatic hydroxyl groups excluding tert-OH is 3. The number of unbranched alkanes of at least 4 members (excludes halogenated alkanes) is 6. The molecular formula is C17H32O5. The summed E-state index contributed by atoms with van der Waals surface area (Å²) in [5, 5.41) is 28.4. The van der Waals surface area contributed by atoms with Crippen LogP contribution < -0.4 is 0 Å². The highest BCUT2D eigenvalue weighted by atomic mass is 16.6. The Morgan fingerprint density at radius 3 is 2.55 bits per heavy atom. The molecule has 0 bridgehead atoms. The van der Waals surface area contributed by atoms with Crippen molar-refractivity contribution in [3.63, 3.8) is 0 Å². The van der Waals surface area contributed by atoms with Gasteiger partial charge in [-0.25, -0.2) is 0 Å². The summed E-state index contributed by atoms with van der Waals surface area (Å²) in [6.45, 7) is 2.37. The third-order valence-electron chi connectivity index (χ3n) is 4.04. The molecule has 0 amide bonds. The van der Waals surface area contributed by atoms with Gasteiger partial charge in [-0.3, -0.25) is 0 Å². The van der Waals surface area contributed by atoms with Gasteiger partial charge in [-0.2, -0.15) is 0 Å². The molecule has 130 valence electrons. The first-order valence-electron chi connectivity index (χ1n) is 8.52. The summed E-state index contributed by atoms with van der Waals surface area (Å²) in [5.74, 6) is 0. The quantitative estimate of drug-likeness (QED) is 0.378. The van der Waals surface area contributed by atoms with E-state index < -0.39 is 24.4 Å². The van der Waals surface area contributed by atoms with Gasteiger partial charge in [0.15, 0.2) is 0 Å². The second-order valence-corrected chi connectivity index (χ2v) is 5.93. The number of hydrogen-bond donors (Lipinski definition) is 3. The minimum atomic E-state index is -1.00. The van der Waals surface area contributed by atoms with Crippen LogP contribution in [0.4, 0.5) is 0 Å². The van der Waals surface area contributed by atoms with Crippen LogP contribution in [0.5, 0.6) is 0 Å². The molecule has 5 nitrogen and oxygen atoms in total. The smallest absolute Gasteiger partial charge is 0.114 e. The van der Waals surface area contributed by atoms with Crippen molar-refractivity contribution in [3.8, 4) is 0 Å². The first-order valence-corrected chi connectivity index (χ1v) is 8.52. The topological polar surface area (TPSA) is 79.2 Å². The van der Waals surface area contributed by atoms with Crippen molar-refractivity contribution in [1.82, 2.24) is 0 Å². The number of aliphatic hydroxyl groups is 3. The van der Waals surface area contributed by atoms with E-state index in [9.17, 15) is 10.2 Å². The monoisotopic (exact) mass is 316 g/mol. The van der Waals surface area contributed by atoms with Crippen LogP contribution in [0.3, 0.4) is 0 Å². The molecule has 3 N–H and O–H groups in total. The number of hydrogen-bond acceptors (Lipinski definition) is 5. The van der Waals surface area contributed by atoms with Crippen LogP contribution in [0.25, 0.3) is 0 Å². The van der Waals surface area contributed by atoms with Crippen molar-refractivity contribution in [2.24, 2.45) is 0 Å². The molecule has 0 radical (unpaired) electrons. The van der Waals surface area contributed by atoms with Gasteiger partial charge in [-0.05, 0) is 26.2 Å². The van der Waals surface area contributed by atoms with Crippen LogP contribution in [-0.2, 0) is 9.47 Å². The maximum Gasteiger partial charge on any atom is 0.114 e. The molecule has 0 aliphatic carbocycles. The van der Waals surface area contributed by atoms with Crippen molar-refractivity contribution in [3.05, 3.63) is 12.2 Å². The number of rotatable bonds is 12. The Morgan fingerprint density at radius 1 is 1.18 bits per heavy atom. The van der Waals surface area contributed by atoms with Crippen LogP contribution in [0.2, 0.25) is 0 Å². The van der Waals surface area contributed by atoms with Crippen LogP contribution in [-0.4, -0.2) is 59.6 Å². The fraction of sp³-hybridized carbons (Fsp3) is 0.882. The van der Waals surface area contributed by atoms with Gasteiger partial charge in [0, 0.05) is 6.61 Å². The van der Waals surface area contributed by atoms with Gasteiger partial charge in [0.2, 0.25) is 0 Å². The van der Waals surface area contributed by atoms with Gasteiger partial charge < -0.3 is 24.8 Å². The molecule has 0 aromatic carbocycles. The second-order valence-electron chi connectivity index (χ2n) is 5.93. The number of allylic oxidation sites excluding steroid dienone is 2. The third kappa shape index (κ3) is 7.20. The zero-order valence-corrected chi connectivity index (χ0v) is 13.7. The van der Waals surface area contributed by atoms with E-state index >= 15 is 0 Å². The molecule has 0 aromatic heterocycles. The fourth-order valence-electron chi connectivity index (χ4n) is 2.72. The second kappa shape index (κ2) is 12.0.